The number of benzene rings is 1. The van der Waals surface area contributed by atoms with Gasteiger partial charge in [0, 0.05) is 12.1 Å². The average molecular weight is 304 g/mol. The molecule has 1 aromatic carbocycles. The summed E-state index contributed by atoms with van der Waals surface area (Å²) in [6, 6.07) is -1.33. The summed E-state index contributed by atoms with van der Waals surface area (Å²) in [6.07, 6.45) is 0.156. The third kappa shape index (κ3) is 4.97. The quantitative estimate of drug-likeness (QED) is 0.732. The van der Waals surface area contributed by atoms with Crippen LogP contribution < -0.4 is 10.6 Å². The second-order valence-corrected chi connectivity index (χ2v) is 4.87. The first-order valence-corrected chi connectivity index (χ1v) is 6.15. The molecule has 1 aromatic rings. The molecule has 0 aliphatic rings. The van der Waals surface area contributed by atoms with E-state index in [1.807, 2.05) is 5.32 Å². The summed E-state index contributed by atoms with van der Waals surface area (Å²) >= 11 is 0. The van der Waals surface area contributed by atoms with Crippen LogP contribution in [0.4, 0.5) is 23.7 Å². The van der Waals surface area contributed by atoms with Gasteiger partial charge in [-0.05, 0) is 12.3 Å². The molecule has 2 amide bonds. The number of carbonyl (C=O) groups excluding carboxylic acids is 1. The molecule has 0 saturated heterocycles. The van der Waals surface area contributed by atoms with E-state index in [9.17, 15) is 22.8 Å². The first-order valence-electron chi connectivity index (χ1n) is 6.15. The number of carboxylic acid groups (broad SMARTS) is 1. The summed E-state index contributed by atoms with van der Waals surface area (Å²) in [5.41, 5.74) is -0.710. The van der Waals surface area contributed by atoms with Gasteiger partial charge in [0.15, 0.2) is 11.6 Å². The molecule has 0 fully saturated rings. The van der Waals surface area contributed by atoms with Crippen LogP contribution in [0, 0.1) is 23.4 Å². The molecule has 0 aliphatic carbocycles. The van der Waals surface area contributed by atoms with Crippen molar-refractivity contribution in [3.05, 3.63) is 29.6 Å². The van der Waals surface area contributed by atoms with Crippen LogP contribution in [0.2, 0.25) is 0 Å². The molecular weight excluding hydrogens is 289 g/mol. The SMILES string of the molecule is CC(C)CC(NC(=O)Nc1cc(F)cc(F)c1F)C(=O)O. The fourth-order valence-electron chi connectivity index (χ4n) is 1.66. The number of amides is 2. The Kier molecular flexibility index (Phi) is 5.57. The second kappa shape index (κ2) is 6.96. The number of hydrogen-bond donors (Lipinski definition) is 3. The van der Waals surface area contributed by atoms with Crippen LogP contribution in [-0.4, -0.2) is 23.1 Å². The van der Waals surface area contributed by atoms with E-state index >= 15 is 0 Å². The van der Waals surface area contributed by atoms with Crippen molar-refractivity contribution >= 4 is 17.7 Å². The van der Waals surface area contributed by atoms with Crippen molar-refractivity contribution in [1.82, 2.24) is 5.32 Å². The third-order valence-corrected chi connectivity index (χ3v) is 2.55. The maximum Gasteiger partial charge on any atom is 0.326 e. The van der Waals surface area contributed by atoms with Gasteiger partial charge in [-0.3, -0.25) is 0 Å². The molecule has 0 spiro atoms. The van der Waals surface area contributed by atoms with Crippen molar-refractivity contribution in [3.8, 4) is 0 Å². The second-order valence-electron chi connectivity index (χ2n) is 4.87. The first kappa shape index (κ1) is 16.8. The van der Waals surface area contributed by atoms with Crippen molar-refractivity contribution in [2.24, 2.45) is 5.92 Å². The molecule has 0 bridgehead atoms. The Balaban J connectivity index is 2.79. The molecule has 116 valence electrons. The summed E-state index contributed by atoms with van der Waals surface area (Å²) in [5, 5.41) is 12.9. The first-order chi connectivity index (χ1) is 9.70. The highest BCUT2D eigenvalue weighted by molar-refractivity contribution is 5.92. The topological polar surface area (TPSA) is 78.4 Å². The summed E-state index contributed by atoms with van der Waals surface area (Å²) in [5.74, 6) is -5.22. The van der Waals surface area contributed by atoms with Crippen LogP contribution in [-0.2, 0) is 4.79 Å². The Morgan fingerprint density at radius 3 is 2.38 bits per heavy atom. The largest absolute Gasteiger partial charge is 0.480 e. The molecule has 8 heteroatoms. The average Bonchev–Trinajstić information content (AvgIpc) is 2.33. The van der Waals surface area contributed by atoms with E-state index in [1.165, 1.54) is 0 Å². The number of carbonyl (C=O) groups is 2. The van der Waals surface area contributed by atoms with E-state index in [2.05, 4.69) is 5.32 Å². The van der Waals surface area contributed by atoms with E-state index in [1.54, 1.807) is 13.8 Å². The maximum atomic E-state index is 13.3. The number of anilines is 1. The standard InChI is InChI=1S/C13H15F3N2O3/c1-6(2)3-10(12(19)20)18-13(21)17-9-5-7(14)4-8(15)11(9)16/h4-6,10H,3H2,1-2H3,(H,19,20)(H2,17,18,21). The van der Waals surface area contributed by atoms with Crippen LogP contribution >= 0.6 is 0 Å². The Morgan fingerprint density at radius 2 is 1.86 bits per heavy atom. The Bertz CT molecular complexity index is 550. The van der Waals surface area contributed by atoms with Gasteiger partial charge in [-0.25, -0.2) is 22.8 Å². The zero-order valence-corrected chi connectivity index (χ0v) is 11.4. The highest BCUT2D eigenvalue weighted by atomic mass is 19.2. The van der Waals surface area contributed by atoms with E-state index in [0.29, 0.717) is 12.1 Å². The van der Waals surface area contributed by atoms with E-state index in [4.69, 9.17) is 5.11 Å². The smallest absolute Gasteiger partial charge is 0.326 e. The van der Waals surface area contributed by atoms with Gasteiger partial charge in [0.05, 0.1) is 5.69 Å². The normalized spacial score (nSPS) is 12.1. The molecule has 1 atom stereocenters. The molecule has 0 saturated carbocycles. The van der Waals surface area contributed by atoms with Crippen molar-refractivity contribution in [2.45, 2.75) is 26.3 Å². The molecule has 3 N–H and O–H groups in total. The van der Waals surface area contributed by atoms with Gasteiger partial charge in [-0.1, -0.05) is 13.8 Å². The monoisotopic (exact) mass is 304 g/mol. The lowest BCUT2D eigenvalue weighted by Gasteiger charge is -2.17. The highest BCUT2D eigenvalue weighted by Gasteiger charge is 2.22. The van der Waals surface area contributed by atoms with Crippen LogP contribution in [0.3, 0.4) is 0 Å². The lowest BCUT2D eigenvalue weighted by molar-refractivity contribution is -0.139. The van der Waals surface area contributed by atoms with Crippen molar-refractivity contribution < 1.29 is 27.9 Å². The summed E-state index contributed by atoms with van der Waals surface area (Å²) < 4.78 is 39.3. The summed E-state index contributed by atoms with van der Waals surface area (Å²) in [7, 11) is 0. The third-order valence-electron chi connectivity index (χ3n) is 2.55. The number of urea groups is 1. The van der Waals surface area contributed by atoms with E-state index in [-0.39, 0.29) is 12.3 Å². The fraction of sp³-hybridized carbons (Fsp3) is 0.385. The van der Waals surface area contributed by atoms with Crippen molar-refractivity contribution in [1.29, 1.82) is 0 Å². The van der Waals surface area contributed by atoms with Crippen molar-refractivity contribution in [2.75, 3.05) is 5.32 Å². The maximum absolute atomic E-state index is 13.3. The number of halogens is 3. The van der Waals surface area contributed by atoms with Gasteiger partial charge >= 0.3 is 12.0 Å². The molecule has 0 radical (unpaired) electrons. The van der Waals surface area contributed by atoms with Gasteiger partial charge in [0.25, 0.3) is 0 Å². The predicted octanol–water partition coefficient (Wildman–Crippen LogP) is 2.72. The fourth-order valence-corrected chi connectivity index (χ4v) is 1.66. The predicted molar refractivity (Wildman–Crippen MR) is 69.3 cm³/mol. The minimum atomic E-state index is -1.46. The Labute approximate surface area is 119 Å². The van der Waals surface area contributed by atoms with Gasteiger partial charge in [-0.15, -0.1) is 0 Å². The molecule has 0 aromatic heterocycles. The minimum absolute atomic E-state index is 0.00486. The molecule has 1 rings (SSSR count). The summed E-state index contributed by atoms with van der Waals surface area (Å²) in [4.78, 5) is 22.5. The van der Waals surface area contributed by atoms with Crippen molar-refractivity contribution in [3.63, 3.8) is 0 Å². The van der Waals surface area contributed by atoms with Gasteiger partial charge < -0.3 is 15.7 Å². The van der Waals surface area contributed by atoms with Gasteiger partial charge in [-0.2, -0.15) is 0 Å². The Hall–Kier alpha value is -2.25. The van der Waals surface area contributed by atoms with Gasteiger partial charge in [0.1, 0.15) is 11.9 Å². The molecule has 0 heterocycles. The van der Waals surface area contributed by atoms with Crippen LogP contribution in [0.15, 0.2) is 12.1 Å². The zero-order chi connectivity index (χ0) is 16.2. The number of aliphatic carboxylic acids is 1. The number of nitrogens with one attached hydrogen (secondary N) is 2. The lowest BCUT2D eigenvalue weighted by atomic mass is 10.0. The number of hydrogen-bond acceptors (Lipinski definition) is 2. The molecule has 1 unspecified atom stereocenters. The zero-order valence-electron chi connectivity index (χ0n) is 11.4. The molecule has 5 nitrogen and oxygen atoms in total. The highest BCUT2D eigenvalue weighted by Crippen LogP contribution is 2.19. The van der Waals surface area contributed by atoms with E-state index in [0.717, 1.165) is 0 Å². The van der Waals surface area contributed by atoms with Crippen LogP contribution in [0.1, 0.15) is 20.3 Å². The molecular formula is C13H15F3N2O3. The molecule has 0 aliphatic heterocycles. The molecule has 21 heavy (non-hydrogen) atoms. The van der Waals surface area contributed by atoms with E-state index < -0.39 is 41.2 Å². The van der Waals surface area contributed by atoms with Crippen LogP contribution in [0.5, 0.6) is 0 Å². The lowest BCUT2D eigenvalue weighted by Crippen LogP contribution is -2.43. The summed E-state index contributed by atoms with van der Waals surface area (Å²) in [6.45, 7) is 3.52. The minimum Gasteiger partial charge on any atom is -0.480 e. The Morgan fingerprint density at radius 1 is 1.24 bits per heavy atom. The van der Waals surface area contributed by atoms with Crippen LogP contribution in [0.25, 0.3) is 0 Å². The van der Waals surface area contributed by atoms with Gasteiger partial charge in [0.2, 0.25) is 0 Å². The number of carboxylic acids is 1. The number of rotatable bonds is 5.